The first-order valence-electron chi connectivity index (χ1n) is 7.91. The highest BCUT2D eigenvalue weighted by Gasteiger charge is 2.50. The molecule has 4 rings (SSSR count). The summed E-state index contributed by atoms with van der Waals surface area (Å²) in [4.78, 5) is 14.5. The van der Waals surface area contributed by atoms with Crippen molar-refractivity contribution in [3.8, 4) is 0 Å². The summed E-state index contributed by atoms with van der Waals surface area (Å²) in [5, 5.41) is 11.7. The average molecular weight is 315 g/mol. The highest BCUT2D eigenvalue weighted by molar-refractivity contribution is 6.12. The first kappa shape index (κ1) is 14.7. The summed E-state index contributed by atoms with van der Waals surface area (Å²) in [5.41, 5.74) is 2.02. The molecule has 0 aliphatic carbocycles. The number of carbonyl (C=O) groups excluding carboxylic acids is 1. The molecule has 0 fully saturated rings. The van der Waals surface area contributed by atoms with Crippen LogP contribution < -0.4 is 4.90 Å². The van der Waals surface area contributed by atoms with Crippen LogP contribution in [0.15, 0.2) is 78.9 Å². The molecule has 1 N–H and O–H groups in total. The predicted octanol–water partition coefficient (Wildman–Crippen LogP) is 3.85. The molecule has 3 aromatic rings. The smallest absolute Gasteiger partial charge is 0.261 e. The van der Waals surface area contributed by atoms with Gasteiger partial charge in [-0.2, -0.15) is 0 Å². The Kier molecular flexibility index (Phi) is 3.25. The summed E-state index contributed by atoms with van der Waals surface area (Å²) < 4.78 is 0. The molecule has 0 radical (unpaired) electrons. The fraction of sp³-hybridized carbons (Fsp3) is 0.0952. The van der Waals surface area contributed by atoms with E-state index < -0.39 is 5.72 Å². The van der Waals surface area contributed by atoms with Crippen molar-refractivity contribution in [3.05, 3.63) is 101 Å². The number of carbonyl (C=O) groups is 1. The molecule has 1 atom stereocenters. The van der Waals surface area contributed by atoms with Crippen LogP contribution in [0.25, 0.3) is 0 Å². The van der Waals surface area contributed by atoms with E-state index in [0.717, 1.165) is 5.56 Å². The van der Waals surface area contributed by atoms with Crippen LogP contribution in [-0.4, -0.2) is 11.0 Å². The predicted molar refractivity (Wildman–Crippen MR) is 93.9 cm³/mol. The second-order valence-corrected chi connectivity index (χ2v) is 6.06. The van der Waals surface area contributed by atoms with Crippen molar-refractivity contribution in [2.75, 3.05) is 4.90 Å². The molecular formula is C21H17NO2. The van der Waals surface area contributed by atoms with Gasteiger partial charge in [-0.15, -0.1) is 0 Å². The molecule has 0 aromatic heterocycles. The number of hydrogen-bond donors (Lipinski definition) is 1. The standard InChI is InChI=1S/C21H17NO2/c1-15-8-7-9-16(14-15)21(24)19-13-6-5-12-18(19)20(23)22(21)17-10-3-2-4-11-17/h2-14,24H,1H3. The number of amides is 1. The van der Waals surface area contributed by atoms with E-state index in [1.54, 1.807) is 6.07 Å². The van der Waals surface area contributed by atoms with E-state index in [0.29, 0.717) is 22.4 Å². The minimum Gasteiger partial charge on any atom is -0.363 e. The Morgan fingerprint density at radius 2 is 1.58 bits per heavy atom. The van der Waals surface area contributed by atoms with Crippen molar-refractivity contribution in [2.45, 2.75) is 12.6 Å². The third-order valence-electron chi connectivity index (χ3n) is 4.49. The van der Waals surface area contributed by atoms with Crippen molar-refractivity contribution in [1.82, 2.24) is 0 Å². The van der Waals surface area contributed by atoms with E-state index in [1.807, 2.05) is 79.7 Å². The van der Waals surface area contributed by atoms with Gasteiger partial charge in [0.1, 0.15) is 0 Å². The van der Waals surface area contributed by atoms with Gasteiger partial charge in [0.05, 0.1) is 0 Å². The minimum atomic E-state index is -1.51. The Morgan fingerprint density at radius 1 is 0.875 bits per heavy atom. The van der Waals surface area contributed by atoms with E-state index in [2.05, 4.69) is 0 Å². The number of anilines is 1. The van der Waals surface area contributed by atoms with E-state index in [4.69, 9.17) is 0 Å². The third-order valence-corrected chi connectivity index (χ3v) is 4.49. The van der Waals surface area contributed by atoms with Gasteiger partial charge in [0.25, 0.3) is 5.91 Å². The molecule has 1 unspecified atom stereocenters. The maximum Gasteiger partial charge on any atom is 0.261 e. The first-order chi connectivity index (χ1) is 11.6. The van der Waals surface area contributed by atoms with E-state index in [1.165, 1.54) is 4.90 Å². The van der Waals surface area contributed by atoms with Gasteiger partial charge in [-0.1, -0.05) is 66.2 Å². The minimum absolute atomic E-state index is 0.194. The van der Waals surface area contributed by atoms with Crippen LogP contribution >= 0.6 is 0 Å². The van der Waals surface area contributed by atoms with E-state index in [9.17, 15) is 9.90 Å². The molecule has 1 amide bonds. The monoisotopic (exact) mass is 315 g/mol. The van der Waals surface area contributed by atoms with Crippen LogP contribution in [-0.2, 0) is 5.72 Å². The van der Waals surface area contributed by atoms with Crippen LogP contribution in [0.2, 0.25) is 0 Å². The molecule has 3 heteroatoms. The zero-order valence-corrected chi connectivity index (χ0v) is 13.3. The second-order valence-electron chi connectivity index (χ2n) is 6.06. The molecule has 24 heavy (non-hydrogen) atoms. The number of aliphatic hydroxyl groups is 1. The van der Waals surface area contributed by atoms with E-state index in [-0.39, 0.29) is 5.91 Å². The number of aryl methyl sites for hydroxylation is 1. The van der Waals surface area contributed by atoms with Crippen LogP contribution in [0.4, 0.5) is 5.69 Å². The van der Waals surface area contributed by atoms with Crippen LogP contribution in [0.3, 0.4) is 0 Å². The van der Waals surface area contributed by atoms with Crippen molar-refractivity contribution >= 4 is 11.6 Å². The Morgan fingerprint density at radius 3 is 2.33 bits per heavy atom. The zero-order valence-electron chi connectivity index (χ0n) is 13.3. The molecule has 118 valence electrons. The zero-order chi connectivity index (χ0) is 16.7. The molecule has 0 saturated carbocycles. The molecule has 1 aliphatic rings. The number of hydrogen-bond acceptors (Lipinski definition) is 2. The Bertz CT molecular complexity index is 920. The maximum atomic E-state index is 13.0. The normalized spacial score (nSPS) is 19.4. The number of benzene rings is 3. The highest BCUT2D eigenvalue weighted by Crippen LogP contribution is 2.44. The molecule has 3 aromatic carbocycles. The van der Waals surface area contributed by atoms with Crippen molar-refractivity contribution in [1.29, 1.82) is 0 Å². The van der Waals surface area contributed by atoms with Gasteiger partial charge in [0, 0.05) is 22.4 Å². The summed E-state index contributed by atoms with van der Waals surface area (Å²) in [5.74, 6) is -0.194. The van der Waals surface area contributed by atoms with Gasteiger partial charge < -0.3 is 5.11 Å². The van der Waals surface area contributed by atoms with Crippen LogP contribution in [0, 0.1) is 6.92 Å². The third kappa shape index (κ3) is 1.99. The summed E-state index contributed by atoms with van der Waals surface area (Å²) in [6.45, 7) is 1.97. The fourth-order valence-corrected chi connectivity index (χ4v) is 3.39. The molecule has 1 heterocycles. The van der Waals surface area contributed by atoms with Crippen molar-refractivity contribution < 1.29 is 9.90 Å². The van der Waals surface area contributed by atoms with Gasteiger partial charge in [0.2, 0.25) is 0 Å². The lowest BCUT2D eigenvalue weighted by molar-refractivity contribution is 0.0703. The van der Waals surface area contributed by atoms with Gasteiger partial charge in [-0.3, -0.25) is 9.69 Å². The van der Waals surface area contributed by atoms with E-state index >= 15 is 0 Å². The molecule has 0 spiro atoms. The van der Waals surface area contributed by atoms with Crippen LogP contribution in [0.1, 0.15) is 27.0 Å². The molecule has 0 bridgehead atoms. The summed E-state index contributed by atoms with van der Waals surface area (Å²) in [7, 11) is 0. The molecule has 0 saturated heterocycles. The van der Waals surface area contributed by atoms with Crippen molar-refractivity contribution in [3.63, 3.8) is 0 Å². The Balaban J connectivity index is 2.01. The van der Waals surface area contributed by atoms with Crippen molar-refractivity contribution in [2.24, 2.45) is 0 Å². The molecule has 3 nitrogen and oxygen atoms in total. The quantitative estimate of drug-likeness (QED) is 0.780. The SMILES string of the molecule is Cc1cccc(C2(O)c3ccccc3C(=O)N2c2ccccc2)c1. The summed E-state index contributed by atoms with van der Waals surface area (Å²) in [6.07, 6.45) is 0. The lowest BCUT2D eigenvalue weighted by atomic mass is 9.92. The summed E-state index contributed by atoms with van der Waals surface area (Å²) in [6, 6.07) is 24.2. The van der Waals surface area contributed by atoms with Gasteiger partial charge in [-0.05, 0) is 25.1 Å². The van der Waals surface area contributed by atoms with Gasteiger partial charge >= 0.3 is 0 Å². The number of nitrogens with zero attached hydrogens (tertiary/aromatic N) is 1. The lowest BCUT2D eigenvalue weighted by Crippen LogP contribution is -2.45. The molecular weight excluding hydrogens is 298 g/mol. The second kappa shape index (κ2) is 5.32. The summed E-state index contributed by atoms with van der Waals surface area (Å²) >= 11 is 0. The molecule has 1 aliphatic heterocycles. The topological polar surface area (TPSA) is 40.5 Å². The number of fused-ring (bicyclic) bond motifs is 1. The highest BCUT2D eigenvalue weighted by atomic mass is 16.3. The largest absolute Gasteiger partial charge is 0.363 e. The number of para-hydroxylation sites is 1. The van der Waals surface area contributed by atoms with Gasteiger partial charge in [0.15, 0.2) is 5.72 Å². The average Bonchev–Trinajstić information content (AvgIpc) is 2.85. The first-order valence-corrected chi connectivity index (χ1v) is 7.91. The van der Waals surface area contributed by atoms with Gasteiger partial charge in [-0.25, -0.2) is 0 Å². The Labute approximate surface area is 140 Å². The number of rotatable bonds is 2. The fourth-order valence-electron chi connectivity index (χ4n) is 3.39. The Hall–Kier alpha value is -2.91. The lowest BCUT2D eigenvalue weighted by Gasteiger charge is -2.35. The van der Waals surface area contributed by atoms with Crippen LogP contribution in [0.5, 0.6) is 0 Å². The maximum absolute atomic E-state index is 13.0.